The minimum absolute atomic E-state index is 0.735. The molecule has 1 N–H and O–H groups in total. The Labute approximate surface area is 110 Å². The fourth-order valence-corrected chi connectivity index (χ4v) is 1.61. The number of H-pyrrole nitrogens is 1. The fourth-order valence-electron chi connectivity index (χ4n) is 1.61. The van der Waals surface area contributed by atoms with Crippen LogP contribution in [-0.4, -0.2) is 26.9 Å². The van der Waals surface area contributed by atoms with Gasteiger partial charge in [0, 0.05) is 5.56 Å². The summed E-state index contributed by atoms with van der Waals surface area (Å²) in [6.07, 6.45) is 2.22. The van der Waals surface area contributed by atoms with Crippen molar-refractivity contribution in [3.05, 3.63) is 66.5 Å². The molecule has 0 fully saturated rings. The maximum absolute atomic E-state index is 10.8. The zero-order chi connectivity index (χ0) is 13.3. The van der Waals surface area contributed by atoms with E-state index in [2.05, 4.69) is 20.6 Å². The maximum Gasteiger partial charge on any atom is 0.161 e. The molecule has 0 spiro atoms. The molecule has 1 aromatic heterocycles. The van der Waals surface area contributed by atoms with Crippen LogP contribution in [0.5, 0.6) is 0 Å². The molecule has 0 amide bonds. The van der Waals surface area contributed by atoms with Gasteiger partial charge < -0.3 is 0 Å². The average molecular weight is 252 g/mol. The Kier molecular flexibility index (Phi) is 4.52. The lowest BCUT2D eigenvalue weighted by Gasteiger charge is -2.03. The number of nitrogens with zero attached hydrogens (tertiary/aromatic N) is 3. The smallest absolute Gasteiger partial charge is 0.161 e. The van der Waals surface area contributed by atoms with Crippen molar-refractivity contribution in [1.82, 2.24) is 20.6 Å². The highest BCUT2D eigenvalue weighted by atomic mass is 16.1. The third kappa shape index (κ3) is 3.57. The SMILES string of the molecule is O=Cc1ccccc1-c1ccccc1.c1nn[nH]n1. The summed E-state index contributed by atoms with van der Waals surface area (Å²) >= 11 is 0. The molecule has 1 heterocycles. The van der Waals surface area contributed by atoms with Crippen molar-refractivity contribution in [1.29, 1.82) is 0 Å². The van der Waals surface area contributed by atoms with Gasteiger partial charge in [0.25, 0.3) is 0 Å². The lowest BCUT2D eigenvalue weighted by molar-refractivity contribution is 0.112. The molecule has 0 aliphatic carbocycles. The molecule has 0 unspecified atom stereocenters. The van der Waals surface area contributed by atoms with Crippen LogP contribution in [0.2, 0.25) is 0 Å². The molecule has 2 aromatic carbocycles. The summed E-state index contributed by atoms with van der Waals surface area (Å²) in [7, 11) is 0. The third-order valence-corrected chi connectivity index (χ3v) is 2.44. The molecule has 94 valence electrons. The normalized spacial score (nSPS) is 9.26. The fraction of sp³-hybridized carbons (Fsp3) is 0. The Morgan fingerprint density at radius 1 is 0.947 bits per heavy atom. The molecule has 5 nitrogen and oxygen atoms in total. The molecule has 0 radical (unpaired) electrons. The van der Waals surface area contributed by atoms with E-state index < -0.39 is 0 Å². The molecule has 0 atom stereocenters. The van der Waals surface area contributed by atoms with Crippen molar-refractivity contribution in [3.8, 4) is 11.1 Å². The molecule has 0 aliphatic rings. The highest BCUT2D eigenvalue weighted by Gasteiger charge is 2.01. The van der Waals surface area contributed by atoms with E-state index in [0.717, 1.165) is 23.0 Å². The number of hydrogen-bond acceptors (Lipinski definition) is 4. The van der Waals surface area contributed by atoms with Crippen LogP contribution in [0, 0.1) is 0 Å². The van der Waals surface area contributed by atoms with Gasteiger partial charge in [-0.25, -0.2) is 0 Å². The monoisotopic (exact) mass is 252 g/mol. The van der Waals surface area contributed by atoms with Gasteiger partial charge in [-0.05, 0) is 11.1 Å². The number of aldehydes is 1. The number of hydrogen-bond donors (Lipinski definition) is 1. The van der Waals surface area contributed by atoms with Gasteiger partial charge >= 0.3 is 0 Å². The largest absolute Gasteiger partial charge is 0.298 e. The summed E-state index contributed by atoms with van der Waals surface area (Å²) in [5.41, 5.74) is 2.80. The second kappa shape index (κ2) is 6.80. The minimum Gasteiger partial charge on any atom is -0.298 e. The number of tetrazole rings is 1. The van der Waals surface area contributed by atoms with Crippen molar-refractivity contribution in [2.24, 2.45) is 0 Å². The number of aromatic amines is 1. The summed E-state index contributed by atoms with van der Waals surface area (Å²) in [6.45, 7) is 0. The van der Waals surface area contributed by atoms with E-state index in [4.69, 9.17) is 0 Å². The number of rotatable bonds is 2. The molecule has 3 rings (SSSR count). The van der Waals surface area contributed by atoms with E-state index in [0.29, 0.717) is 0 Å². The Balaban J connectivity index is 0.000000224. The zero-order valence-corrected chi connectivity index (χ0v) is 10.1. The molecular weight excluding hydrogens is 240 g/mol. The van der Waals surface area contributed by atoms with Crippen LogP contribution in [0.4, 0.5) is 0 Å². The van der Waals surface area contributed by atoms with Crippen molar-refractivity contribution in [2.45, 2.75) is 0 Å². The molecule has 3 aromatic rings. The van der Waals surface area contributed by atoms with Crippen LogP contribution >= 0.6 is 0 Å². The van der Waals surface area contributed by atoms with Gasteiger partial charge in [0.2, 0.25) is 0 Å². The van der Waals surface area contributed by atoms with Crippen molar-refractivity contribution in [3.63, 3.8) is 0 Å². The summed E-state index contributed by atoms with van der Waals surface area (Å²) in [5, 5.41) is 12.2. The van der Waals surface area contributed by atoms with Gasteiger partial charge in [-0.2, -0.15) is 5.21 Å². The van der Waals surface area contributed by atoms with E-state index in [1.54, 1.807) is 0 Å². The van der Waals surface area contributed by atoms with Crippen LogP contribution in [-0.2, 0) is 0 Å². The predicted molar refractivity (Wildman–Crippen MR) is 71.4 cm³/mol. The average Bonchev–Trinajstić information content (AvgIpc) is 3.08. The first-order valence-electron chi connectivity index (χ1n) is 5.68. The van der Waals surface area contributed by atoms with E-state index >= 15 is 0 Å². The number of aromatic nitrogens is 4. The Bertz CT molecular complexity index is 591. The predicted octanol–water partition coefficient (Wildman–Crippen LogP) is 2.37. The van der Waals surface area contributed by atoms with E-state index in [1.807, 2.05) is 54.6 Å². The summed E-state index contributed by atoms with van der Waals surface area (Å²) in [4.78, 5) is 10.8. The standard InChI is InChI=1S/C13H10O.CH2N4/c14-10-12-8-4-5-9-13(12)11-6-2-1-3-7-11;1-2-4-5-3-1/h1-10H;1H,(H,2,3,4,5). The summed E-state index contributed by atoms with van der Waals surface area (Å²) in [5.74, 6) is 0. The van der Waals surface area contributed by atoms with Crippen molar-refractivity contribution < 1.29 is 4.79 Å². The van der Waals surface area contributed by atoms with Crippen LogP contribution in [0.15, 0.2) is 60.9 Å². The molecule has 0 saturated carbocycles. The van der Waals surface area contributed by atoms with Crippen molar-refractivity contribution in [2.75, 3.05) is 0 Å². The first-order valence-corrected chi connectivity index (χ1v) is 5.68. The number of carbonyl (C=O) groups is 1. The van der Waals surface area contributed by atoms with Gasteiger partial charge in [0.05, 0.1) is 0 Å². The summed E-state index contributed by atoms with van der Waals surface area (Å²) < 4.78 is 0. The van der Waals surface area contributed by atoms with Crippen LogP contribution in [0.3, 0.4) is 0 Å². The second-order valence-electron chi connectivity index (χ2n) is 3.63. The lowest BCUT2D eigenvalue weighted by Crippen LogP contribution is -1.85. The summed E-state index contributed by atoms with van der Waals surface area (Å²) in [6, 6.07) is 17.5. The first kappa shape index (κ1) is 12.6. The van der Waals surface area contributed by atoms with E-state index in [9.17, 15) is 4.79 Å². The first-order chi connectivity index (χ1) is 9.42. The Hall–Kier alpha value is -2.82. The molecule has 0 saturated heterocycles. The molecule has 0 aliphatic heterocycles. The molecule has 0 bridgehead atoms. The Morgan fingerprint density at radius 2 is 1.68 bits per heavy atom. The second-order valence-corrected chi connectivity index (χ2v) is 3.63. The van der Waals surface area contributed by atoms with Gasteiger partial charge in [-0.3, -0.25) is 4.79 Å². The van der Waals surface area contributed by atoms with Crippen LogP contribution in [0.25, 0.3) is 11.1 Å². The van der Waals surface area contributed by atoms with Gasteiger partial charge in [-0.15, -0.1) is 10.2 Å². The van der Waals surface area contributed by atoms with Crippen molar-refractivity contribution >= 4 is 6.29 Å². The van der Waals surface area contributed by atoms with Gasteiger partial charge in [0.15, 0.2) is 12.6 Å². The highest BCUT2D eigenvalue weighted by Crippen LogP contribution is 2.21. The van der Waals surface area contributed by atoms with Gasteiger partial charge in [-0.1, -0.05) is 59.8 Å². The zero-order valence-electron chi connectivity index (χ0n) is 10.1. The maximum atomic E-state index is 10.8. The van der Waals surface area contributed by atoms with E-state index in [1.165, 1.54) is 6.33 Å². The van der Waals surface area contributed by atoms with Gasteiger partial charge in [0.1, 0.15) is 0 Å². The number of nitrogens with one attached hydrogen (secondary N) is 1. The topological polar surface area (TPSA) is 71.5 Å². The highest BCUT2D eigenvalue weighted by molar-refractivity contribution is 5.87. The van der Waals surface area contributed by atoms with Crippen LogP contribution < -0.4 is 0 Å². The molecule has 19 heavy (non-hydrogen) atoms. The minimum atomic E-state index is 0.735. The quantitative estimate of drug-likeness (QED) is 0.711. The Morgan fingerprint density at radius 3 is 2.26 bits per heavy atom. The third-order valence-electron chi connectivity index (χ3n) is 2.44. The molecule has 5 heteroatoms. The lowest BCUT2D eigenvalue weighted by atomic mass is 10.0. The van der Waals surface area contributed by atoms with Crippen LogP contribution in [0.1, 0.15) is 10.4 Å². The number of carbonyl (C=O) groups excluding carboxylic acids is 1. The number of benzene rings is 2. The molecular formula is C14H12N4O. The van der Waals surface area contributed by atoms with E-state index in [-0.39, 0.29) is 0 Å².